The molecule has 0 saturated carbocycles. The minimum atomic E-state index is 0.226. The van der Waals surface area contributed by atoms with Crippen molar-refractivity contribution in [3.05, 3.63) is 68.7 Å². The first-order valence-corrected chi connectivity index (χ1v) is 8.06. The number of benzene rings is 2. The molecule has 0 aliphatic rings. The van der Waals surface area contributed by atoms with E-state index in [9.17, 15) is 0 Å². The summed E-state index contributed by atoms with van der Waals surface area (Å²) in [5, 5.41) is 0. The molecule has 0 bridgehead atoms. The number of hydrogen-bond donors (Lipinski definition) is 2. The van der Waals surface area contributed by atoms with E-state index in [2.05, 4.69) is 72.5 Å². The second-order valence-corrected chi connectivity index (χ2v) is 6.59. The summed E-state index contributed by atoms with van der Waals surface area (Å²) in [6.45, 7) is 6.51. The van der Waals surface area contributed by atoms with Gasteiger partial charge in [0.1, 0.15) is 0 Å². The van der Waals surface area contributed by atoms with Crippen molar-refractivity contribution in [3.8, 4) is 0 Å². The molecule has 2 aromatic rings. The summed E-state index contributed by atoms with van der Waals surface area (Å²) in [6, 6.07) is 13.0. The van der Waals surface area contributed by atoms with E-state index in [-0.39, 0.29) is 6.04 Å². The Morgan fingerprint density at radius 2 is 1.67 bits per heavy atom. The smallest absolute Gasteiger partial charge is 0.0291 e. The van der Waals surface area contributed by atoms with Crippen LogP contribution in [0.5, 0.6) is 0 Å². The van der Waals surface area contributed by atoms with Gasteiger partial charge in [0.05, 0.1) is 0 Å². The van der Waals surface area contributed by atoms with Crippen LogP contribution in [0.1, 0.15) is 27.8 Å². The quantitative estimate of drug-likeness (QED) is 0.634. The van der Waals surface area contributed by atoms with Gasteiger partial charge in [-0.05, 0) is 61.9 Å². The molecule has 3 N–H and O–H groups in total. The second kappa shape index (κ2) is 7.21. The average molecular weight is 347 g/mol. The molecule has 0 aliphatic heterocycles. The largest absolute Gasteiger partial charge is 0.271 e. The number of aryl methyl sites for hydroxylation is 3. The average Bonchev–Trinajstić information content (AvgIpc) is 2.43. The Morgan fingerprint density at radius 1 is 1.05 bits per heavy atom. The summed E-state index contributed by atoms with van der Waals surface area (Å²) in [7, 11) is 0. The maximum absolute atomic E-state index is 5.78. The number of halogens is 1. The lowest BCUT2D eigenvalue weighted by Gasteiger charge is -2.20. The van der Waals surface area contributed by atoms with E-state index in [1.54, 1.807) is 0 Å². The van der Waals surface area contributed by atoms with Crippen LogP contribution in [0.2, 0.25) is 0 Å². The fraction of sp³-hybridized carbons (Fsp3) is 0.333. The van der Waals surface area contributed by atoms with Crippen molar-refractivity contribution in [2.45, 2.75) is 39.7 Å². The SMILES string of the molecule is Cc1cc(C)c(CC(Cc2ccccc2Br)NN)c(C)c1. The molecular weight excluding hydrogens is 324 g/mol. The number of hydrogen-bond acceptors (Lipinski definition) is 2. The molecule has 1 atom stereocenters. The molecular formula is C18H23BrN2. The monoisotopic (exact) mass is 346 g/mol. The zero-order valence-electron chi connectivity index (χ0n) is 12.9. The standard InChI is InChI=1S/C18H23BrN2/c1-12-8-13(2)17(14(3)9-12)11-16(21-20)10-15-6-4-5-7-18(15)19/h4-9,16,21H,10-11,20H2,1-3H3. The zero-order chi connectivity index (χ0) is 15.4. The molecule has 0 spiro atoms. The van der Waals surface area contributed by atoms with Gasteiger partial charge < -0.3 is 0 Å². The van der Waals surface area contributed by atoms with Gasteiger partial charge in [-0.2, -0.15) is 0 Å². The lowest BCUT2D eigenvalue weighted by molar-refractivity contribution is 0.520. The van der Waals surface area contributed by atoms with Crippen LogP contribution in [0.25, 0.3) is 0 Å². The minimum Gasteiger partial charge on any atom is -0.271 e. The van der Waals surface area contributed by atoms with E-state index < -0.39 is 0 Å². The summed E-state index contributed by atoms with van der Waals surface area (Å²) in [6.07, 6.45) is 1.85. The molecule has 1 unspecified atom stereocenters. The lowest BCUT2D eigenvalue weighted by atomic mass is 9.92. The van der Waals surface area contributed by atoms with Crippen molar-refractivity contribution in [3.63, 3.8) is 0 Å². The Hall–Kier alpha value is -1.16. The molecule has 2 aromatic carbocycles. The maximum Gasteiger partial charge on any atom is 0.0291 e. The Bertz CT molecular complexity index is 599. The third-order valence-corrected chi connectivity index (χ3v) is 4.72. The third kappa shape index (κ3) is 4.16. The van der Waals surface area contributed by atoms with Gasteiger partial charge in [-0.1, -0.05) is 51.8 Å². The number of nitrogens with one attached hydrogen (secondary N) is 1. The van der Waals surface area contributed by atoms with Gasteiger partial charge >= 0.3 is 0 Å². The van der Waals surface area contributed by atoms with Crippen LogP contribution in [-0.4, -0.2) is 6.04 Å². The summed E-state index contributed by atoms with van der Waals surface area (Å²) >= 11 is 3.61. The van der Waals surface area contributed by atoms with Crippen LogP contribution in [0.15, 0.2) is 40.9 Å². The van der Waals surface area contributed by atoms with E-state index in [1.165, 1.54) is 27.8 Å². The highest BCUT2D eigenvalue weighted by atomic mass is 79.9. The fourth-order valence-electron chi connectivity index (χ4n) is 2.90. The van der Waals surface area contributed by atoms with Crippen LogP contribution >= 0.6 is 15.9 Å². The molecule has 112 valence electrons. The maximum atomic E-state index is 5.78. The van der Waals surface area contributed by atoms with Crippen molar-refractivity contribution in [2.24, 2.45) is 5.84 Å². The highest BCUT2D eigenvalue weighted by Gasteiger charge is 2.14. The number of nitrogens with two attached hydrogens (primary N) is 1. The van der Waals surface area contributed by atoms with Gasteiger partial charge in [0.15, 0.2) is 0 Å². The minimum absolute atomic E-state index is 0.226. The van der Waals surface area contributed by atoms with Crippen molar-refractivity contribution in [1.82, 2.24) is 5.43 Å². The first-order valence-electron chi connectivity index (χ1n) is 7.27. The number of hydrazine groups is 1. The topological polar surface area (TPSA) is 38.0 Å². The summed E-state index contributed by atoms with van der Waals surface area (Å²) in [5.74, 6) is 5.78. The normalized spacial score (nSPS) is 12.4. The van der Waals surface area contributed by atoms with Crippen LogP contribution in [0, 0.1) is 20.8 Å². The van der Waals surface area contributed by atoms with Gasteiger partial charge in [-0.3, -0.25) is 11.3 Å². The van der Waals surface area contributed by atoms with E-state index in [0.29, 0.717) is 0 Å². The molecule has 3 heteroatoms. The fourth-order valence-corrected chi connectivity index (χ4v) is 3.34. The molecule has 0 heterocycles. The van der Waals surface area contributed by atoms with E-state index >= 15 is 0 Å². The zero-order valence-corrected chi connectivity index (χ0v) is 14.5. The third-order valence-electron chi connectivity index (χ3n) is 3.95. The van der Waals surface area contributed by atoms with Gasteiger partial charge in [0, 0.05) is 10.5 Å². The second-order valence-electron chi connectivity index (χ2n) is 5.74. The van der Waals surface area contributed by atoms with Gasteiger partial charge in [-0.25, -0.2) is 0 Å². The van der Waals surface area contributed by atoms with Crippen LogP contribution < -0.4 is 11.3 Å². The van der Waals surface area contributed by atoms with Crippen molar-refractivity contribution >= 4 is 15.9 Å². The Labute approximate surface area is 135 Å². The predicted octanol–water partition coefficient (Wildman–Crippen LogP) is 3.99. The highest BCUT2D eigenvalue weighted by Crippen LogP contribution is 2.21. The van der Waals surface area contributed by atoms with Crippen molar-refractivity contribution < 1.29 is 0 Å². The van der Waals surface area contributed by atoms with Crippen LogP contribution in [-0.2, 0) is 12.8 Å². The molecule has 21 heavy (non-hydrogen) atoms. The molecule has 0 aromatic heterocycles. The van der Waals surface area contributed by atoms with Crippen molar-refractivity contribution in [1.29, 1.82) is 0 Å². The van der Waals surface area contributed by atoms with E-state index in [1.807, 2.05) is 6.07 Å². The van der Waals surface area contributed by atoms with Crippen LogP contribution in [0.3, 0.4) is 0 Å². The molecule has 2 rings (SSSR count). The summed E-state index contributed by atoms with van der Waals surface area (Å²) in [5.41, 5.74) is 9.66. The molecule has 0 saturated heterocycles. The van der Waals surface area contributed by atoms with Crippen LogP contribution in [0.4, 0.5) is 0 Å². The van der Waals surface area contributed by atoms with Gasteiger partial charge in [0.2, 0.25) is 0 Å². The first-order chi connectivity index (χ1) is 10.0. The molecule has 2 nitrogen and oxygen atoms in total. The summed E-state index contributed by atoms with van der Waals surface area (Å²) < 4.78 is 1.14. The predicted molar refractivity (Wildman–Crippen MR) is 93.3 cm³/mol. The first kappa shape index (κ1) is 16.2. The Balaban J connectivity index is 2.19. The van der Waals surface area contributed by atoms with Crippen molar-refractivity contribution in [2.75, 3.05) is 0 Å². The molecule has 0 radical (unpaired) electrons. The molecule has 0 aliphatic carbocycles. The molecule has 0 amide bonds. The summed E-state index contributed by atoms with van der Waals surface area (Å²) in [4.78, 5) is 0. The Morgan fingerprint density at radius 3 is 2.24 bits per heavy atom. The van der Waals surface area contributed by atoms with E-state index in [0.717, 1.165) is 17.3 Å². The van der Waals surface area contributed by atoms with Gasteiger partial charge in [-0.15, -0.1) is 0 Å². The van der Waals surface area contributed by atoms with Gasteiger partial charge in [0.25, 0.3) is 0 Å². The highest BCUT2D eigenvalue weighted by molar-refractivity contribution is 9.10. The Kier molecular flexibility index (Phi) is 5.57. The molecule has 0 fully saturated rings. The number of rotatable bonds is 5. The lowest BCUT2D eigenvalue weighted by Crippen LogP contribution is -2.38. The van der Waals surface area contributed by atoms with E-state index in [4.69, 9.17) is 5.84 Å².